The van der Waals surface area contributed by atoms with E-state index >= 15 is 0 Å². The number of fused-ring (bicyclic) bond motifs is 1. The number of nitrogens with one attached hydrogen (secondary N) is 1. The minimum Gasteiger partial charge on any atom is -0.505 e. The fraction of sp³-hybridized carbons (Fsp3) is 0.125. The monoisotopic (exact) mass is 330 g/mol. The number of rotatable bonds is 1. The van der Waals surface area contributed by atoms with Gasteiger partial charge in [0.1, 0.15) is 5.70 Å². The van der Waals surface area contributed by atoms with Crippen molar-refractivity contribution in [1.29, 1.82) is 0 Å². The van der Waals surface area contributed by atoms with Crippen LogP contribution in [0.3, 0.4) is 0 Å². The van der Waals surface area contributed by atoms with Gasteiger partial charge in [0.15, 0.2) is 10.8 Å². The van der Waals surface area contributed by atoms with E-state index in [2.05, 4.69) is 9.71 Å². The van der Waals surface area contributed by atoms with Crippen LogP contribution in [-0.2, 0) is 10.0 Å². The summed E-state index contributed by atoms with van der Waals surface area (Å²) in [5.74, 6) is -1.01. The molecule has 0 unspecified atom stereocenters. The Morgan fingerprint density at radius 1 is 1.17 bits per heavy atom. The average Bonchev–Trinajstić information content (AvgIpc) is 2.50. The fourth-order valence-corrected chi connectivity index (χ4v) is 3.86. The number of ketones is 1. The number of Topliss-reactive ketones (excluding diaryl/α,β-unsaturated/α-hetero) is 1. The van der Waals surface area contributed by atoms with Crippen molar-refractivity contribution in [2.24, 2.45) is 0 Å². The van der Waals surface area contributed by atoms with E-state index < -0.39 is 21.6 Å². The highest BCUT2D eigenvalue weighted by Crippen LogP contribution is 2.29. The first-order valence-corrected chi connectivity index (χ1v) is 8.34. The number of pyridine rings is 1. The largest absolute Gasteiger partial charge is 0.505 e. The van der Waals surface area contributed by atoms with E-state index in [1.807, 2.05) is 0 Å². The quantitative estimate of drug-likeness (QED) is 0.616. The lowest BCUT2D eigenvalue weighted by molar-refractivity contribution is 0.102. The molecule has 0 spiro atoms. The van der Waals surface area contributed by atoms with Gasteiger partial charge in [-0.1, -0.05) is 30.3 Å². The number of carbonyl (C=O) groups excluding carboxylic acids is 1. The molecule has 1 aromatic carbocycles. The Balaban J connectivity index is 2.28. The summed E-state index contributed by atoms with van der Waals surface area (Å²) < 4.78 is 26.9. The highest BCUT2D eigenvalue weighted by Gasteiger charge is 2.37. The molecule has 118 valence electrons. The highest BCUT2D eigenvalue weighted by molar-refractivity contribution is 7.89. The predicted molar refractivity (Wildman–Crippen MR) is 84.4 cm³/mol. The number of benzene rings is 1. The van der Waals surface area contributed by atoms with Gasteiger partial charge in [-0.2, -0.15) is 8.42 Å². The number of hydrogen-bond acceptors (Lipinski definition) is 5. The van der Waals surface area contributed by atoms with E-state index in [4.69, 9.17) is 0 Å². The molecule has 0 atom stereocenters. The molecular formula is C16H14N2O4S. The second-order valence-electron chi connectivity index (χ2n) is 5.28. The van der Waals surface area contributed by atoms with Crippen LogP contribution in [0.4, 0.5) is 0 Å². The van der Waals surface area contributed by atoms with Gasteiger partial charge >= 0.3 is 0 Å². The van der Waals surface area contributed by atoms with Crippen LogP contribution in [0.5, 0.6) is 0 Å². The fourth-order valence-electron chi connectivity index (χ4n) is 2.52. The third kappa shape index (κ3) is 2.49. The summed E-state index contributed by atoms with van der Waals surface area (Å²) in [6, 6.07) is 9.91. The van der Waals surface area contributed by atoms with Gasteiger partial charge < -0.3 is 5.11 Å². The first-order valence-electron chi connectivity index (χ1n) is 6.85. The molecule has 3 rings (SSSR count). The van der Waals surface area contributed by atoms with Gasteiger partial charge in [0.2, 0.25) is 5.78 Å². The summed E-state index contributed by atoms with van der Waals surface area (Å²) in [5, 5.41) is 10.0. The van der Waals surface area contributed by atoms with E-state index in [-0.39, 0.29) is 16.3 Å². The molecule has 1 aromatic heterocycles. The Hall–Kier alpha value is -2.67. The molecular weight excluding hydrogens is 316 g/mol. The van der Waals surface area contributed by atoms with Crippen molar-refractivity contribution >= 4 is 21.6 Å². The zero-order valence-electron chi connectivity index (χ0n) is 12.5. The molecule has 1 aliphatic rings. The Kier molecular flexibility index (Phi) is 3.45. The number of allylic oxidation sites excluding steroid dienone is 1. The summed E-state index contributed by atoms with van der Waals surface area (Å²) in [6.45, 7) is 3.30. The molecule has 0 saturated carbocycles. The van der Waals surface area contributed by atoms with Crippen LogP contribution >= 0.6 is 0 Å². The third-order valence-corrected chi connectivity index (χ3v) is 4.82. The van der Waals surface area contributed by atoms with Gasteiger partial charge in [-0.15, -0.1) is 0 Å². The predicted octanol–water partition coefficient (Wildman–Crippen LogP) is 2.10. The normalized spacial score (nSPS) is 18.1. The Morgan fingerprint density at radius 3 is 2.48 bits per heavy atom. The highest BCUT2D eigenvalue weighted by atomic mass is 32.2. The lowest BCUT2D eigenvalue weighted by atomic mass is 10.0. The number of aryl methyl sites for hydroxylation is 2. The third-order valence-electron chi connectivity index (χ3n) is 3.54. The van der Waals surface area contributed by atoms with Gasteiger partial charge in [-0.3, -0.25) is 9.52 Å². The summed E-state index contributed by atoms with van der Waals surface area (Å²) in [4.78, 5) is 16.6. The molecule has 0 radical (unpaired) electrons. The van der Waals surface area contributed by atoms with Crippen LogP contribution in [0.2, 0.25) is 0 Å². The van der Waals surface area contributed by atoms with Crippen LogP contribution in [-0.4, -0.2) is 24.3 Å². The molecule has 0 fully saturated rings. The van der Waals surface area contributed by atoms with Crippen molar-refractivity contribution in [3.8, 4) is 0 Å². The first kappa shape index (κ1) is 15.2. The molecule has 2 N–H and O–H groups in total. The van der Waals surface area contributed by atoms with E-state index in [0.29, 0.717) is 16.8 Å². The maximum Gasteiger partial charge on any atom is 0.280 e. The first-order chi connectivity index (χ1) is 10.8. The number of carbonyl (C=O) groups is 1. The Morgan fingerprint density at radius 2 is 1.83 bits per heavy atom. The van der Waals surface area contributed by atoms with Crippen molar-refractivity contribution in [3.63, 3.8) is 0 Å². The van der Waals surface area contributed by atoms with Crippen molar-refractivity contribution in [2.75, 3.05) is 0 Å². The average molecular weight is 330 g/mol. The molecule has 1 aliphatic heterocycles. The molecule has 23 heavy (non-hydrogen) atoms. The molecule has 0 aliphatic carbocycles. The minimum atomic E-state index is -4.02. The number of sulfonamides is 1. The molecule has 6 nitrogen and oxygen atoms in total. The molecule has 0 amide bonds. The Labute approximate surface area is 133 Å². The SMILES string of the molecule is Cc1cc(C)c2c(n1)S(=O)(=O)N/C(=C(/O)c1ccccc1)C2=O. The van der Waals surface area contributed by atoms with Crippen LogP contribution in [0.15, 0.2) is 47.1 Å². The van der Waals surface area contributed by atoms with Crippen LogP contribution in [0.25, 0.3) is 5.76 Å². The Bertz CT molecular complexity index is 948. The van der Waals surface area contributed by atoms with Crippen molar-refractivity contribution in [2.45, 2.75) is 18.9 Å². The number of aromatic nitrogens is 1. The number of aliphatic hydroxyl groups is 1. The smallest absolute Gasteiger partial charge is 0.280 e. The number of hydrogen-bond donors (Lipinski definition) is 2. The van der Waals surface area contributed by atoms with Crippen molar-refractivity contribution in [3.05, 3.63) is 64.5 Å². The second kappa shape index (κ2) is 5.20. The molecule has 0 bridgehead atoms. The van der Waals surface area contributed by atoms with Gasteiger partial charge in [-0.05, 0) is 25.5 Å². The molecule has 2 heterocycles. The standard InChI is InChI=1S/C16H14N2O4S/c1-9-8-10(2)17-16-12(9)15(20)13(18-23(16,21)22)14(19)11-6-4-3-5-7-11/h3-8,18-19H,1-2H3/b14-13+. The van der Waals surface area contributed by atoms with Gasteiger partial charge in [0.25, 0.3) is 10.0 Å². The van der Waals surface area contributed by atoms with Gasteiger partial charge in [0, 0.05) is 11.3 Å². The lowest BCUT2D eigenvalue weighted by Gasteiger charge is -2.21. The minimum absolute atomic E-state index is 0.00756. The summed E-state index contributed by atoms with van der Waals surface area (Å²) in [7, 11) is -4.02. The van der Waals surface area contributed by atoms with Gasteiger partial charge in [-0.25, -0.2) is 4.98 Å². The molecule has 2 aromatic rings. The van der Waals surface area contributed by atoms with Crippen LogP contribution in [0, 0.1) is 13.8 Å². The number of aliphatic hydroxyl groups excluding tert-OH is 1. The summed E-state index contributed by atoms with van der Waals surface area (Å²) in [5.41, 5.74) is 0.976. The van der Waals surface area contributed by atoms with Crippen LogP contribution in [0.1, 0.15) is 27.2 Å². The van der Waals surface area contributed by atoms with Gasteiger partial charge in [0.05, 0.1) is 5.56 Å². The van der Waals surface area contributed by atoms with E-state index in [9.17, 15) is 18.3 Å². The number of nitrogens with zero attached hydrogens (tertiary/aromatic N) is 1. The van der Waals surface area contributed by atoms with Crippen LogP contribution < -0.4 is 4.72 Å². The van der Waals surface area contributed by atoms with E-state index in [1.165, 1.54) is 0 Å². The maximum absolute atomic E-state index is 12.7. The van der Waals surface area contributed by atoms with E-state index in [1.54, 1.807) is 50.2 Å². The van der Waals surface area contributed by atoms with E-state index in [0.717, 1.165) is 0 Å². The zero-order valence-corrected chi connectivity index (χ0v) is 13.3. The van der Waals surface area contributed by atoms with Crippen molar-refractivity contribution in [1.82, 2.24) is 9.71 Å². The van der Waals surface area contributed by atoms with Crippen molar-refractivity contribution < 1.29 is 18.3 Å². The zero-order chi connectivity index (χ0) is 16.8. The maximum atomic E-state index is 12.7. The topological polar surface area (TPSA) is 96.4 Å². The molecule has 7 heteroatoms. The molecule has 0 saturated heterocycles. The second-order valence-corrected chi connectivity index (χ2v) is 6.88. The summed E-state index contributed by atoms with van der Waals surface area (Å²) >= 11 is 0. The lowest BCUT2D eigenvalue weighted by Crippen LogP contribution is -2.37. The summed E-state index contributed by atoms with van der Waals surface area (Å²) in [6.07, 6.45) is 0.